The van der Waals surface area contributed by atoms with Gasteiger partial charge < -0.3 is 15.0 Å². The lowest BCUT2D eigenvalue weighted by Crippen LogP contribution is -2.45. The molecule has 8 heteroatoms. The van der Waals surface area contributed by atoms with Crippen LogP contribution in [-0.2, 0) is 4.74 Å². The second-order valence-electron chi connectivity index (χ2n) is 7.78. The molecular weight excluding hydrogens is 376 g/mol. The van der Waals surface area contributed by atoms with E-state index in [9.17, 15) is 8.78 Å². The van der Waals surface area contributed by atoms with Crippen LogP contribution in [0, 0.1) is 18.6 Å². The van der Waals surface area contributed by atoms with E-state index in [0.29, 0.717) is 5.95 Å². The summed E-state index contributed by atoms with van der Waals surface area (Å²) in [6, 6.07) is 9.47. The summed E-state index contributed by atoms with van der Waals surface area (Å²) in [7, 11) is 0. The zero-order valence-corrected chi connectivity index (χ0v) is 16.0. The van der Waals surface area contributed by atoms with Gasteiger partial charge in [0.25, 0.3) is 0 Å². The van der Waals surface area contributed by atoms with E-state index in [1.165, 1.54) is 23.1 Å². The third kappa shape index (κ3) is 3.55. The Morgan fingerprint density at radius 2 is 1.83 bits per heavy atom. The number of ether oxygens (including phenoxy) is 1. The van der Waals surface area contributed by atoms with Gasteiger partial charge in [0.05, 0.1) is 17.9 Å². The Labute approximate surface area is 167 Å². The van der Waals surface area contributed by atoms with Crippen molar-refractivity contribution < 1.29 is 13.5 Å². The molecule has 150 valence electrons. The Balaban J connectivity index is 1.36. The summed E-state index contributed by atoms with van der Waals surface area (Å²) < 4.78 is 34.1. The van der Waals surface area contributed by atoms with E-state index in [1.807, 2.05) is 13.0 Å². The fraction of sp³-hybridized carbons (Fsp3) is 0.333. The van der Waals surface area contributed by atoms with Crippen LogP contribution >= 0.6 is 0 Å². The van der Waals surface area contributed by atoms with Crippen molar-refractivity contribution in [2.75, 3.05) is 29.9 Å². The van der Waals surface area contributed by atoms with Crippen LogP contribution in [0.5, 0.6) is 0 Å². The number of anilines is 3. The van der Waals surface area contributed by atoms with Crippen LogP contribution in [0.3, 0.4) is 0 Å². The van der Waals surface area contributed by atoms with E-state index >= 15 is 0 Å². The Morgan fingerprint density at radius 1 is 1.03 bits per heavy atom. The molecule has 3 aromatic rings. The highest BCUT2D eigenvalue weighted by atomic mass is 19.1. The number of benzene rings is 2. The molecular formula is C21H21F2N5O. The molecule has 0 radical (unpaired) electrons. The molecule has 2 fully saturated rings. The average molecular weight is 397 g/mol. The van der Waals surface area contributed by atoms with Gasteiger partial charge in [-0.2, -0.15) is 4.98 Å². The Bertz CT molecular complexity index is 1040. The van der Waals surface area contributed by atoms with Gasteiger partial charge in [-0.1, -0.05) is 0 Å². The zero-order valence-electron chi connectivity index (χ0n) is 16.0. The Hall–Kier alpha value is -3.00. The summed E-state index contributed by atoms with van der Waals surface area (Å²) in [5, 5.41) is 7.48. The van der Waals surface area contributed by atoms with Crippen LogP contribution in [0.4, 0.5) is 26.1 Å². The molecule has 2 saturated heterocycles. The largest absolute Gasteiger partial charge is 0.373 e. The predicted molar refractivity (Wildman–Crippen MR) is 106 cm³/mol. The first-order valence-electron chi connectivity index (χ1n) is 9.64. The van der Waals surface area contributed by atoms with Crippen molar-refractivity contribution in [2.24, 2.45) is 0 Å². The molecule has 1 atom stereocenters. The van der Waals surface area contributed by atoms with Crippen LogP contribution in [0.1, 0.15) is 18.4 Å². The van der Waals surface area contributed by atoms with E-state index in [4.69, 9.17) is 4.74 Å². The highest BCUT2D eigenvalue weighted by Crippen LogP contribution is 2.38. The van der Waals surface area contributed by atoms with Crippen molar-refractivity contribution >= 4 is 17.3 Å². The van der Waals surface area contributed by atoms with Gasteiger partial charge in [-0.25, -0.2) is 13.5 Å². The number of rotatable bonds is 4. The van der Waals surface area contributed by atoms with E-state index in [2.05, 4.69) is 32.4 Å². The fourth-order valence-corrected chi connectivity index (χ4v) is 4.04. The summed E-state index contributed by atoms with van der Waals surface area (Å²) in [5.74, 6) is -0.967. The van der Waals surface area contributed by atoms with E-state index < -0.39 is 11.6 Å². The molecule has 1 unspecified atom stereocenters. The lowest BCUT2D eigenvalue weighted by molar-refractivity contribution is -0.130. The van der Waals surface area contributed by atoms with Crippen LogP contribution in [0.25, 0.3) is 5.69 Å². The smallest absolute Gasteiger partial charge is 0.246 e. The van der Waals surface area contributed by atoms with Crippen molar-refractivity contribution in [3.63, 3.8) is 0 Å². The number of hydrogen-bond acceptors (Lipinski definition) is 5. The van der Waals surface area contributed by atoms with Crippen LogP contribution in [0.15, 0.2) is 42.7 Å². The average Bonchev–Trinajstić information content (AvgIpc) is 3.27. The summed E-state index contributed by atoms with van der Waals surface area (Å²) in [6.07, 6.45) is 3.60. The molecule has 0 saturated carbocycles. The van der Waals surface area contributed by atoms with Crippen LogP contribution in [-0.4, -0.2) is 40.1 Å². The molecule has 2 aliphatic rings. The molecule has 3 heterocycles. The van der Waals surface area contributed by atoms with E-state index in [-0.39, 0.29) is 11.3 Å². The topological polar surface area (TPSA) is 55.2 Å². The lowest BCUT2D eigenvalue weighted by Gasteiger charge is -2.38. The second kappa shape index (κ2) is 6.81. The van der Waals surface area contributed by atoms with Crippen molar-refractivity contribution in [1.29, 1.82) is 0 Å². The number of nitrogens with one attached hydrogen (secondary N) is 1. The number of nitrogens with zero attached hydrogens (tertiary/aromatic N) is 4. The van der Waals surface area contributed by atoms with Crippen molar-refractivity contribution in [3.8, 4) is 5.69 Å². The maximum Gasteiger partial charge on any atom is 0.246 e. The van der Waals surface area contributed by atoms with E-state index in [1.54, 1.807) is 0 Å². The molecule has 0 aliphatic carbocycles. The highest BCUT2D eigenvalue weighted by Gasteiger charge is 2.44. The molecule has 0 amide bonds. The van der Waals surface area contributed by atoms with Gasteiger partial charge in [0.1, 0.15) is 18.0 Å². The molecule has 29 heavy (non-hydrogen) atoms. The van der Waals surface area contributed by atoms with Crippen molar-refractivity contribution in [3.05, 3.63) is 59.9 Å². The van der Waals surface area contributed by atoms with Gasteiger partial charge >= 0.3 is 0 Å². The van der Waals surface area contributed by atoms with E-state index in [0.717, 1.165) is 55.5 Å². The predicted octanol–water partition coefficient (Wildman–Crippen LogP) is 3.97. The lowest BCUT2D eigenvalue weighted by atomic mass is 9.94. The first kappa shape index (κ1) is 18.1. The Morgan fingerprint density at radius 3 is 2.52 bits per heavy atom. The summed E-state index contributed by atoms with van der Waals surface area (Å²) in [4.78, 5) is 6.56. The first-order valence-corrected chi connectivity index (χ1v) is 9.64. The van der Waals surface area contributed by atoms with Crippen LogP contribution < -0.4 is 10.2 Å². The maximum atomic E-state index is 13.5. The molecule has 2 aliphatic heterocycles. The zero-order chi connectivity index (χ0) is 20.0. The number of aryl methyl sites for hydroxylation is 1. The number of hydrogen-bond donors (Lipinski definition) is 1. The number of halogens is 2. The van der Waals surface area contributed by atoms with Gasteiger partial charge in [0, 0.05) is 37.0 Å². The van der Waals surface area contributed by atoms with Gasteiger partial charge in [-0.15, -0.1) is 5.10 Å². The molecule has 1 spiro atoms. The van der Waals surface area contributed by atoms with Gasteiger partial charge in [-0.3, -0.25) is 0 Å². The van der Waals surface area contributed by atoms with Gasteiger partial charge in [0.2, 0.25) is 5.95 Å². The minimum absolute atomic E-state index is 0.0396. The molecule has 6 nitrogen and oxygen atoms in total. The Kier molecular flexibility index (Phi) is 4.24. The SMILES string of the molecule is Cc1cc(Nc2ncn(-c3cc(F)cc(F)c3)n2)cc(N2CCC3(CCO3)C2)c1. The third-order valence-corrected chi connectivity index (χ3v) is 5.57. The van der Waals surface area contributed by atoms with Gasteiger partial charge in [0.15, 0.2) is 0 Å². The van der Waals surface area contributed by atoms with Crippen molar-refractivity contribution in [2.45, 2.75) is 25.4 Å². The van der Waals surface area contributed by atoms with Crippen molar-refractivity contribution in [1.82, 2.24) is 14.8 Å². The minimum atomic E-state index is -0.660. The summed E-state index contributed by atoms with van der Waals surface area (Å²) >= 11 is 0. The molecule has 5 rings (SSSR count). The summed E-state index contributed by atoms with van der Waals surface area (Å²) in [5.41, 5.74) is 3.42. The monoisotopic (exact) mass is 397 g/mol. The molecule has 2 aromatic carbocycles. The van der Waals surface area contributed by atoms with Gasteiger partial charge in [-0.05, 0) is 49.2 Å². The van der Waals surface area contributed by atoms with Crippen LogP contribution in [0.2, 0.25) is 0 Å². The maximum absolute atomic E-state index is 13.5. The number of aromatic nitrogens is 3. The quantitative estimate of drug-likeness (QED) is 0.722. The normalized spacial score (nSPS) is 20.9. The first-order chi connectivity index (χ1) is 14.0. The standard InChI is InChI=1S/C21H21F2N5O/c1-14-6-17(11-18(7-14)27-4-2-21(12-27)3-5-29-21)25-20-24-13-28(26-20)19-9-15(22)8-16(23)10-19/h6-11,13H,2-5,12H2,1H3,(H,25,26). The molecule has 1 N–H and O–H groups in total. The minimum Gasteiger partial charge on any atom is -0.373 e. The third-order valence-electron chi connectivity index (χ3n) is 5.57. The fourth-order valence-electron chi connectivity index (χ4n) is 4.04. The molecule has 1 aromatic heterocycles. The summed E-state index contributed by atoms with van der Waals surface area (Å²) in [6.45, 7) is 4.79. The highest BCUT2D eigenvalue weighted by molar-refractivity contribution is 5.64. The second-order valence-corrected chi connectivity index (χ2v) is 7.78. The molecule has 0 bridgehead atoms.